The second-order valence-electron chi connectivity index (χ2n) is 12.0. The van der Waals surface area contributed by atoms with Gasteiger partial charge >= 0.3 is 5.97 Å². The third-order valence-electron chi connectivity index (χ3n) is 9.20. The Morgan fingerprint density at radius 2 is 1.39 bits per heavy atom. The normalized spacial score (nSPS) is 13.8. The van der Waals surface area contributed by atoms with Crippen LogP contribution in [0, 0.1) is 6.92 Å². The number of aromatic carboxylic acids is 1. The lowest BCUT2D eigenvalue weighted by Gasteiger charge is -2.39. The molecule has 5 aromatic rings. The zero-order valence-corrected chi connectivity index (χ0v) is 26.4. The van der Waals surface area contributed by atoms with Gasteiger partial charge in [-0.1, -0.05) is 97.9 Å². The molecule has 4 aromatic carbocycles. The van der Waals surface area contributed by atoms with Crippen LogP contribution in [0.15, 0.2) is 116 Å². The number of aromatic nitrogens is 2. The summed E-state index contributed by atoms with van der Waals surface area (Å²) in [5.41, 5.74) is 6.67. The molecule has 1 amide bonds. The van der Waals surface area contributed by atoms with Gasteiger partial charge in [0.05, 0.1) is 29.0 Å². The topological polar surface area (TPSA) is 87.5 Å². The molecule has 0 spiro atoms. The maximum atomic E-state index is 12.5. The van der Waals surface area contributed by atoms with Gasteiger partial charge in [0.1, 0.15) is 5.54 Å². The van der Waals surface area contributed by atoms with Gasteiger partial charge in [0.2, 0.25) is 5.91 Å². The van der Waals surface area contributed by atoms with Crippen LogP contribution in [0.5, 0.6) is 0 Å². The van der Waals surface area contributed by atoms with E-state index in [4.69, 9.17) is 4.98 Å². The molecule has 0 unspecified atom stereocenters. The van der Waals surface area contributed by atoms with Crippen LogP contribution in [-0.4, -0.2) is 39.6 Å². The van der Waals surface area contributed by atoms with Gasteiger partial charge in [0.25, 0.3) is 0 Å². The third-order valence-corrected chi connectivity index (χ3v) is 9.20. The van der Waals surface area contributed by atoms with Crippen molar-refractivity contribution in [2.75, 3.05) is 23.3 Å². The molecule has 1 fully saturated rings. The molecule has 0 saturated carbocycles. The number of hydrogen-bond donors (Lipinski definition) is 2. The number of anilines is 2. The van der Waals surface area contributed by atoms with Gasteiger partial charge in [-0.25, -0.2) is 9.78 Å². The van der Waals surface area contributed by atoms with E-state index in [0.29, 0.717) is 12.1 Å². The molecule has 1 saturated heterocycles. The first-order chi connectivity index (χ1) is 22.4. The Morgan fingerprint density at radius 3 is 1.89 bits per heavy atom. The highest BCUT2D eigenvalue weighted by atomic mass is 16.4. The van der Waals surface area contributed by atoms with Gasteiger partial charge in [-0.15, -0.1) is 0 Å². The van der Waals surface area contributed by atoms with Crippen molar-refractivity contribution >= 4 is 23.3 Å². The molecule has 234 valence electrons. The minimum atomic E-state index is -1.01. The highest BCUT2D eigenvalue weighted by Gasteiger charge is 2.40. The van der Waals surface area contributed by atoms with Gasteiger partial charge in [-0.05, 0) is 61.1 Å². The molecular weight excluding hydrogens is 572 g/mol. The van der Waals surface area contributed by atoms with Crippen LogP contribution in [-0.2, 0) is 10.3 Å². The number of nitrogens with zero attached hydrogens (tertiary/aromatic N) is 3. The second kappa shape index (κ2) is 13.4. The third kappa shape index (κ3) is 5.81. The molecule has 1 aliphatic heterocycles. The van der Waals surface area contributed by atoms with Crippen molar-refractivity contribution < 1.29 is 14.7 Å². The smallest absolute Gasteiger partial charge is 0.335 e. The number of nitrogens with one attached hydrogen (secondary N) is 1. The maximum absolute atomic E-state index is 12.5. The van der Waals surface area contributed by atoms with Gasteiger partial charge in [0, 0.05) is 31.1 Å². The standard InChI is InChI=1S/C39H40N4O3/c1-3-13-36(44)41-34-26-30(38(45)46)20-21-35(34)42-24-22-29(23-25-42)37-28(2)43(27-40-37)39(31-14-7-4-8-15-31,32-16-9-5-10-17-32)33-18-11-6-12-19-33/h4-12,14-21,26-27,29H,3,13,22-25H2,1-2H3,(H,41,44)(H,45,46). The number of hydrogen-bond acceptors (Lipinski definition) is 4. The largest absolute Gasteiger partial charge is 0.478 e. The fourth-order valence-corrected chi connectivity index (χ4v) is 7.00. The van der Waals surface area contributed by atoms with Gasteiger partial charge in [0.15, 0.2) is 0 Å². The number of amides is 1. The Hall–Kier alpha value is -5.17. The fraction of sp³-hybridized carbons (Fsp3) is 0.256. The van der Waals surface area contributed by atoms with E-state index in [1.54, 1.807) is 12.1 Å². The summed E-state index contributed by atoms with van der Waals surface area (Å²) in [6, 6.07) is 36.9. The first-order valence-corrected chi connectivity index (χ1v) is 16.1. The molecule has 1 aliphatic rings. The van der Waals surface area contributed by atoms with Crippen molar-refractivity contribution in [3.8, 4) is 0 Å². The predicted molar refractivity (Wildman–Crippen MR) is 183 cm³/mol. The van der Waals surface area contributed by atoms with Crippen molar-refractivity contribution in [2.45, 2.75) is 51.0 Å². The minimum Gasteiger partial charge on any atom is -0.478 e. The van der Waals surface area contributed by atoms with Crippen LogP contribution < -0.4 is 10.2 Å². The van der Waals surface area contributed by atoms with E-state index in [9.17, 15) is 14.7 Å². The van der Waals surface area contributed by atoms with Crippen LogP contribution in [0.4, 0.5) is 11.4 Å². The van der Waals surface area contributed by atoms with Crippen molar-refractivity contribution in [3.63, 3.8) is 0 Å². The molecule has 2 N–H and O–H groups in total. The van der Waals surface area contributed by atoms with E-state index in [0.717, 1.165) is 66.1 Å². The summed E-state index contributed by atoms with van der Waals surface area (Å²) < 4.78 is 2.35. The molecular formula is C39H40N4O3. The molecule has 6 rings (SSSR count). The molecule has 0 bridgehead atoms. The maximum Gasteiger partial charge on any atom is 0.335 e. The monoisotopic (exact) mass is 612 g/mol. The molecule has 2 heterocycles. The highest BCUT2D eigenvalue weighted by Crippen LogP contribution is 2.43. The summed E-state index contributed by atoms with van der Waals surface area (Å²) in [7, 11) is 0. The van der Waals surface area contributed by atoms with Crippen molar-refractivity contribution in [1.29, 1.82) is 0 Å². The first-order valence-electron chi connectivity index (χ1n) is 16.1. The van der Waals surface area contributed by atoms with Crippen molar-refractivity contribution in [1.82, 2.24) is 9.55 Å². The number of imidazole rings is 1. The number of carbonyl (C=O) groups is 2. The van der Waals surface area contributed by atoms with Crippen LogP contribution >= 0.6 is 0 Å². The SMILES string of the molecule is CCCC(=O)Nc1cc(C(=O)O)ccc1N1CCC(c2ncn(C(c3ccccc3)(c3ccccc3)c3ccccc3)c2C)CC1. The molecule has 1 aromatic heterocycles. The predicted octanol–water partition coefficient (Wildman–Crippen LogP) is 7.85. The quantitative estimate of drug-likeness (QED) is 0.157. The van der Waals surface area contributed by atoms with E-state index in [-0.39, 0.29) is 17.4 Å². The Balaban J connectivity index is 1.34. The van der Waals surface area contributed by atoms with E-state index < -0.39 is 11.5 Å². The molecule has 7 nitrogen and oxygen atoms in total. The lowest BCUT2D eigenvalue weighted by atomic mass is 9.76. The fourth-order valence-electron chi connectivity index (χ4n) is 7.00. The van der Waals surface area contributed by atoms with Crippen LogP contribution in [0.2, 0.25) is 0 Å². The van der Waals surface area contributed by atoms with E-state index in [1.807, 2.05) is 19.3 Å². The van der Waals surface area contributed by atoms with Gasteiger partial charge in [-0.3, -0.25) is 4.79 Å². The van der Waals surface area contributed by atoms with Crippen molar-refractivity contribution in [2.24, 2.45) is 0 Å². The van der Waals surface area contributed by atoms with Gasteiger partial charge in [-0.2, -0.15) is 0 Å². The summed E-state index contributed by atoms with van der Waals surface area (Å²) in [5, 5.41) is 12.5. The molecule has 46 heavy (non-hydrogen) atoms. The zero-order chi connectivity index (χ0) is 32.1. The lowest BCUT2D eigenvalue weighted by Crippen LogP contribution is -2.38. The van der Waals surface area contributed by atoms with E-state index >= 15 is 0 Å². The second-order valence-corrected chi connectivity index (χ2v) is 12.0. The van der Waals surface area contributed by atoms with Crippen LogP contribution in [0.25, 0.3) is 0 Å². The molecule has 0 atom stereocenters. The summed E-state index contributed by atoms with van der Waals surface area (Å²) in [6.45, 7) is 5.67. The Morgan fingerprint density at radius 1 is 0.848 bits per heavy atom. The summed E-state index contributed by atoms with van der Waals surface area (Å²) in [6.07, 6.45) is 4.89. The Labute approximate surface area is 270 Å². The van der Waals surface area contributed by atoms with E-state index in [1.165, 1.54) is 0 Å². The Bertz CT molecular complexity index is 1700. The average Bonchev–Trinajstić information content (AvgIpc) is 3.48. The number of rotatable bonds is 10. The summed E-state index contributed by atoms with van der Waals surface area (Å²) in [4.78, 5) is 31.6. The number of carbonyl (C=O) groups excluding carboxylic acids is 1. The van der Waals surface area contributed by atoms with Crippen LogP contribution in [0.3, 0.4) is 0 Å². The number of piperidine rings is 1. The summed E-state index contributed by atoms with van der Waals surface area (Å²) >= 11 is 0. The van der Waals surface area contributed by atoms with Crippen LogP contribution in [0.1, 0.15) is 77.0 Å². The number of benzene rings is 4. The summed E-state index contributed by atoms with van der Waals surface area (Å²) in [5.74, 6) is -0.866. The lowest BCUT2D eigenvalue weighted by molar-refractivity contribution is -0.116. The minimum absolute atomic E-state index is 0.110. The Kier molecular flexibility index (Phi) is 9.01. The zero-order valence-electron chi connectivity index (χ0n) is 26.4. The number of carboxylic acid groups (broad SMARTS) is 1. The molecule has 0 radical (unpaired) electrons. The molecule has 0 aliphatic carbocycles. The van der Waals surface area contributed by atoms with E-state index in [2.05, 4.69) is 113 Å². The highest BCUT2D eigenvalue weighted by molar-refractivity contribution is 5.97. The molecule has 7 heteroatoms. The number of carboxylic acids is 1. The van der Waals surface area contributed by atoms with Gasteiger partial charge < -0.3 is 19.9 Å². The average molecular weight is 613 g/mol. The van der Waals surface area contributed by atoms with Crippen molar-refractivity contribution in [3.05, 3.63) is 149 Å². The first kappa shape index (κ1) is 30.8.